The lowest BCUT2D eigenvalue weighted by Crippen LogP contribution is -2.12. The van der Waals surface area contributed by atoms with Crippen LogP contribution in [-0.2, 0) is 4.79 Å². The van der Waals surface area contributed by atoms with E-state index in [1.807, 2.05) is 0 Å². The molecular formula is C9H8N2O5. The molecule has 0 saturated heterocycles. The van der Waals surface area contributed by atoms with Gasteiger partial charge in [0.25, 0.3) is 5.91 Å². The van der Waals surface area contributed by atoms with Gasteiger partial charge in [-0.1, -0.05) is 5.16 Å². The lowest BCUT2D eigenvalue weighted by Gasteiger charge is -2.04. The molecule has 0 radical (unpaired) electrons. The van der Waals surface area contributed by atoms with Crippen LogP contribution in [0.2, 0.25) is 0 Å². The van der Waals surface area contributed by atoms with Crippen LogP contribution < -0.4 is 5.32 Å². The fraction of sp³-hybridized carbons (Fsp3) is 0. The molecule has 7 heteroatoms. The van der Waals surface area contributed by atoms with Gasteiger partial charge in [-0.3, -0.25) is 4.79 Å². The van der Waals surface area contributed by atoms with Gasteiger partial charge in [-0.15, -0.1) is 0 Å². The zero-order valence-corrected chi connectivity index (χ0v) is 7.91. The van der Waals surface area contributed by atoms with Crippen molar-refractivity contribution in [2.24, 2.45) is 5.16 Å². The summed E-state index contributed by atoms with van der Waals surface area (Å²) in [7, 11) is 0. The fourth-order valence-electron chi connectivity index (χ4n) is 1.02. The minimum Gasteiger partial charge on any atom is -0.507 e. The zero-order valence-electron chi connectivity index (χ0n) is 7.91. The normalized spacial score (nSPS) is 10.2. The van der Waals surface area contributed by atoms with Gasteiger partial charge in [0.05, 0.1) is 0 Å². The number of benzene rings is 1. The number of hydrogen-bond donors (Lipinski definition) is 4. The molecule has 7 nitrogen and oxygen atoms in total. The number of carboxylic acid groups (broad SMARTS) is 1. The van der Waals surface area contributed by atoms with Crippen molar-refractivity contribution in [3.8, 4) is 5.75 Å². The maximum absolute atomic E-state index is 10.9. The van der Waals surface area contributed by atoms with Crippen LogP contribution in [0.15, 0.2) is 23.4 Å². The maximum atomic E-state index is 10.9. The largest absolute Gasteiger partial charge is 0.507 e. The van der Waals surface area contributed by atoms with Crippen LogP contribution in [-0.4, -0.2) is 33.5 Å². The fourth-order valence-corrected chi connectivity index (χ4v) is 1.02. The van der Waals surface area contributed by atoms with Crippen molar-refractivity contribution in [1.82, 2.24) is 0 Å². The molecule has 0 saturated carbocycles. The van der Waals surface area contributed by atoms with E-state index >= 15 is 0 Å². The lowest BCUT2D eigenvalue weighted by atomic mass is 10.2. The van der Waals surface area contributed by atoms with E-state index in [-0.39, 0.29) is 11.3 Å². The van der Waals surface area contributed by atoms with Crippen molar-refractivity contribution in [2.75, 3.05) is 5.32 Å². The van der Waals surface area contributed by atoms with E-state index < -0.39 is 17.6 Å². The first-order chi connectivity index (χ1) is 7.54. The van der Waals surface area contributed by atoms with Crippen LogP contribution in [0.1, 0.15) is 10.4 Å². The maximum Gasteiger partial charge on any atom is 0.339 e. The molecule has 0 aromatic heterocycles. The van der Waals surface area contributed by atoms with Gasteiger partial charge in [-0.05, 0) is 12.1 Å². The smallest absolute Gasteiger partial charge is 0.339 e. The molecule has 0 aliphatic carbocycles. The standard InChI is InChI=1S/C9H8N2O5/c12-7-3-5(11-8(13)4-10-16)1-2-6(7)9(14)15/h1-4,12,16H,(H,11,13)(H,14,15). The molecule has 1 rings (SSSR count). The molecule has 0 atom stereocenters. The number of phenols is 1. The average molecular weight is 224 g/mol. The molecule has 1 aromatic rings. The van der Waals surface area contributed by atoms with Gasteiger partial charge >= 0.3 is 5.97 Å². The van der Waals surface area contributed by atoms with Crippen molar-refractivity contribution in [3.63, 3.8) is 0 Å². The number of carbonyl (C=O) groups excluding carboxylic acids is 1. The summed E-state index contributed by atoms with van der Waals surface area (Å²) in [6.07, 6.45) is 0.627. The van der Waals surface area contributed by atoms with Crippen LogP contribution >= 0.6 is 0 Å². The number of nitrogens with zero attached hydrogens (tertiary/aromatic N) is 1. The molecule has 16 heavy (non-hydrogen) atoms. The summed E-state index contributed by atoms with van der Waals surface area (Å²) in [5.41, 5.74) is -0.0822. The summed E-state index contributed by atoms with van der Waals surface area (Å²) in [6.45, 7) is 0. The number of rotatable bonds is 3. The summed E-state index contributed by atoms with van der Waals surface area (Å²) >= 11 is 0. The summed E-state index contributed by atoms with van der Waals surface area (Å²) in [6, 6.07) is 3.52. The van der Waals surface area contributed by atoms with Crippen LogP contribution in [0.3, 0.4) is 0 Å². The van der Waals surface area contributed by atoms with Gasteiger partial charge in [0.15, 0.2) is 0 Å². The van der Waals surface area contributed by atoms with E-state index in [0.717, 1.165) is 12.1 Å². The number of carboxylic acids is 1. The van der Waals surface area contributed by atoms with Crippen molar-refractivity contribution in [1.29, 1.82) is 0 Å². The minimum atomic E-state index is -1.27. The van der Waals surface area contributed by atoms with Crippen LogP contribution in [0, 0.1) is 0 Å². The first-order valence-corrected chi connectivity index (χ1v) is 4.09. The second kappa shape index (κ2) is 4.78. The predicted octanol–water partition coefficient (Wildman–Crippen LogP) is 0.489. The third-order valence-corrected chi connectivity index (χ3v) is 1.67. The monoisotopic (exact) mass is 224 g/mol. The first-order valence-electron chi connectivity index (χ1n) is 4.09. The second-order valence-electron chi connectivity index (χ2n) is 2.77. The average Bonchev–Trinajstić information content (AvgIpc) is 2.17. The summed E-state index contributed by atoms with van der Waals surface area (Å²) in [5, 5.41) is 30.7. The molecule has 1 amide bonds. The second-order valence-corrected chi connectivity index (χ2v) is 2.77. The lowest BCUT2D eigenvalue weighted by molar-refractivity contribution is -0.110. The van der Waals surface area contributed by atoms with Gasteiger partial charge in [-0.2, -0.15) is 0 Å². The topological polar surface area (TPSA) is 119 Å². The van der Waals surface area contributed by atoms with E-state index in [4.69, 9.17) is 10.3 Å². The van der Waals surface area contributed by atoms with Crippen LogP contribution in [0.5, 0.6) is 5.75 Å². The first kappa shape index (κ1) is 11.5. The Bertz CT molecular complexity index is 455. The molecule has 0 unspecified atom stereocenters. The Labute approximate surface area is 89.6 Å². The summed E-state index contributed by atoms with van der Waals surface area (Å²) < 4.78 is 0. The molecule has 0 fully saturated rings. The number of nitrogens with one attached hydrogen (secondary N) is 1. The van der Waals surface area contributed by atoms with Gasteiger partial charge in [-0.25, -0.2) is 4.79 Å². The number of aromatic carboxylic acids is 1. The Hall–Kier alpha value is -2.57. The Morgan fingerprint density at radius 1 is 1.38 bits per heavy atom. The highest BCUT2D eigenvalue weighted by Crippen LogP contribution is 2.21. The van der Waals surface area contributed by atoms with E-state index in [9.17, 15) is 14.7 Å². The molecule has 0 spiro atoms. The van der Waals surface area contributed by atoms with E-state index in [2.05, 4.69) is 10.5 Å². The number of carbonyl (C=O) groups is 2. The highest BCUT2D eigenvalue weighted by molar-refractivity contribution is 6.31. The van der Waals surface area contributed by atoms with Crippen molar-refractivity contribution < 1.29 is 25.0 Å². The third kappa shape index (κ3) is 2.71. The number of hydrogen-bond acceptors (Lipinski definition) is 5. The molecular weight excluding hydrogens is 216 g/mol. The SMILES string of the molecule is O=C(C=NO)Nc1ccc(C(=O)O)c(O)c1. The predicted molar refractivity (Wildman–Crippen MR) is 54.0 cm³/mol. The van der Waals surface area contributed by atoms with Gasteiger partial charge in [0, 0.05) is 11.8 Å². The van der Waals surface area contributed by atoms with Gasteiger partial charge in [0.2, 0.25) is 0 Å². The highest BCUT2D eigenvalue weighted by atomic mass is 16.4. The van der Waals surface area contributed by atoms with Crippen molar-refractivity contribution >= 4 is 23.8 Å². The summed E-state index contributed by atoms with van der Waals surface area (Å²) in [4.78, 5) is 21.5. The van der Waals surface area contributed by atoms with Crippen LogP contribution in [0.25, 0.3) is 0 Å². The van der Waals surface area contributed by atoms with Crippen LogP contribution in [0.4, 0.5) is 5.69 Å². The zero-order chi connectivity index (χ0) is 12.1. The molecule has 4 N–H and O–H groups in total. The van der Waals surface area contributed by atoms with E-state index in [0.29, 0.717) is 6.21 Å². The number of oxime groups is 1. The molecule has 0 bridgehead atoms. The van der Waals surface area contributed by atoms with Gasteiger partial charge in [0.1, 0.15) is 17.5 Å². The highest BCUT2D eigenvalue weighted by Gasteiger charge is 2.10. The molecule has 0 heterocycles. The molecule has 1 aromatic carbocycles. The molecule has 84 valence electrons. The minimum absolute atomic E-state index is 0.187. The Balaban J connectivity index is 2.89. The molecule has 0 aliphatic heterocycles. The number of aromatic hydroxyl groups is 1. The number of amides is 1. The Morgan fingerprint density at radius 3 is 2.56 bits per heavy atom. The number of anilines is 1. The van der Waals surface area contributed by atoms with Crippen molar-refractivity contribution in [3.05, 3.63) is 23.8 Å². The van der Waals surface area contributed by atoms with Crippen molar-refractivity contribution in [2.45, 2.75) is 0 Å². The summed E-state index contributed by atoms with van der Waals surface area (Å²) in [5.74, 6) is -2.44. The Morgan fingerprint density at radius 2 is 2.06 bits per heavy atom. The van der Waals surface area contributed by atoms with Gasteiger partial charge < -0.3 is 20.7 Å². The third-order valence-electron chi connectivity index (χ3n) is 1.67. The van der Waals surface area contributed by atoms with E-state index in [1.165, 1.54) is 6.07 Å². The Kier molecular flexibility index (Phi) is 3.44. The quantitative estimate of drug-likeness (QED) is 0.338. The van der Waals surface area contributed by atoms with E-state index in [1.54, 1.807) is 0 Å². The molecule has 0 aliphatic rings.